The van der Waals surface area contributed by atoms with E-state index in [0.29, 0.717) is 42.6 Å². The average Bonchev–Trinajstić information content (AvgIpc) is 3.01. The second-order valence-electron chi connectivity index (χ2n) is 7.31. The van der Waals surface area contributed by atoms with Gasteiger partial charge in [0, 0.05) is 5.56 Å². The maximum Gasteiger partial charge on any atom is 0.414 e. The van der Waals surface area contributed by atoms with Crippen molar-refractivity contribution in [3.63, 3.8) is 0 Å². The largest absolute Gasteiger partial charge is 0.444 e. The third-order valence-corrected chi connectivity index (χ3v) is 7.86. The fourth-order valence-corrected chi connectivity index (χ4v) is 5.40. The molecule has 0 spiro atoms. The molecule has 2 aromatic rings. The summed E-state index contributed by atoms with van der Waals surface area (Å²) in [5.41, 5.74) is 1.40. The molecule has 1 heterocycles. The van der Waals surface area contributed by atoms with Crippen LogP contribution >= 0.6 is 0 Å². The van der Waals surface area contributed by atoms with E-state index in [9.17, 15) is 17.6 Å². The molecule has 1 aliphatic heterocycles. The van der Waals surface area contributed by atoms with Crippen LogP contribution in [0.15, 0.2) is 47.4 Å². The zero-order valence-corrected chi connectivity index (χ0v) is 16.4. The monoisotopic (exact) mass is 403 g/mol. The highest BCUT2D eigenvalue weighted by molar-refractivity contribution is 7.92. The number of carbonyl (C=O) groups is 1. The number of cyclic esters (lactones) is 1. The van der Waals surface area contributed by atoms with Crippen molar-refractivity contribution < 1.29 is 22.3 Å². The molecule has 0 unspecified atom stereocenters. The first-order valence-electron chi connectivity index (χ1n) is 9.52. The van der Waals surface area contributed by atoms with E-state index in [1.165, 1.54) is 11.0 Å². The molecular weight excluding hydrogens is 381 g/mol. The number of halogens is 1. The number of hydrogen-bond donors (Lipinski definition) is 0. The molecule has 0 radical (unpaired) electrons. The molecule has 1 amide bonds. The highest BCUT2D eigenvalue weighted by Gasteiger charge is 2.33. The third kappa shape index (κ3) is 3.28. The highest BCUT2D eigenvalue weighted by atomic mass is 32.2. The summed E-state index contributed by atoms with van der Waals surface area (Å²) < 4.78 is 44.9. The minimum atomic E-state index is -3.29. The number of rotatable bonds is 5. The summed E-state index contributed by atoms with van der Waals surface area (Å²) >= 11 is 0. The molecule has 2 fully saturated rings. The topological polar surface area (TPSA) is 63.7 Å². The molecular formula is C21H22FNO4S. The molecule has 2 aliphatic rings. The van der Waals surface area contributed by atoms with Crippen molar-refractivity contribution in [2.45, 2.75) is 48.9 Å². The Bertz CT molecular complexity index is 1000. The zero-order valence-electron chi connectivity index (χ0n) is 15.6. The molecule has 4 rings (SSSR count). The Kier molecular flexibility index (Phi) is 4.87. The van der Waals surface area contributed by atoms with Gasteiger partial charge in [-0.05, 0) is 55.2 Å². The summed E-state index contributed by atoms with van der Waals surface area (Å²) in [7, 11) is -3.29. The molecule has 0 bridgehead atoms. The molecule has 1 aliphatic carbocycles. The molecule has 7 heteroatoms. The third-order valence-electron chi connectivity index (χ3n) is 5.58. The maximum atomic E-state index is 14.7. The molecule has 28 heavy (non-hydrogen) atoms. The lowest BCUT2D eigenvalue weighted by molar-refractivity contribution is 0.139. The van der Waals surface area contributed by atoms with E-state index in [1.807, 2.05) is 6.92 Å². The number of amides is 1. The van der Waals surface area contributed by atoms with E-state index >= 15 is 0 Å². The van der Waals surface area contributed by atoms with Crippen LogP contribution in [0.5, 0.6) is 0 Å². The van der Waals surface area contributed by atoms with Crippen LogP contribution in [0.25, 0.3) is 11.1 Å². The number of carbonyl (C=O) groups excluding carboxylic acids is 1. The van der Waals surface area contributed by atoms with Gasteiger partial charge in [-0.25, -0.2) is 17.6 Å². The summed E-state index contributed by atoms with van der Waals surface area (Å²) in [4.78, 5) is 13.7. The minimum absolute atomic E-state index is 0.180. The second-order valence-corrected chi connectivity index (χ2v) is 9.54. The number of anilines is 1. The van der Waals surface area contributed by atoms with E-state index in [4.69, 9.17) is 4.74 Å². The molecule has 5 nitrogen and oxygen atoms in total. The van der Waals surface area contributed by atoms with Crippen LogP contribution in [0.2, 0.25) is 0 Å². The first-order valence-corrected chi connectivity index (χ1v) is 11.1. The zero-order chi connectivity index (χ0) is 19.9. The van der Waals surface area contributed by atoms with Crippen LogP contribution in [0.1, 0.15) is 32.6 Å². The standard InChI is InChI=1S/C21H22FNO4S/c1-2-16-13-23(21(24)27-16)15-8-11-19(20(22)12-15)14-6-9-18(10-7-14)28(25,26)17-4-3-5-17/h6-12,16-17H,2-5,13H2,1H3/t16-/m0/s1. The highest BCUT2D eigenvalue weighted by Crippen LogP contribution is 2.33. The molecule has 2 aromatic carbocycles. The van der Waals surface area contributed by atoms with Gasteiger partial charge in [0.25, 0.3) is 0 Å². The van der Waals surface area contributed by atoms with Gasteiger partial charge in [-0.15, -0.1) is 0 Å². The van der Waals surface area contributed by atoms with Gasteiger partial charge in [0.2, 0.25) is 0 Å². The van der Waals surface area contributed by atoms with Crippen molar-refractivity contribution in [3.8, 4) is 11.1 Å². The van der Waals surface area contributed by atoms with E-state index < -0.39 is 21.7 Å². The lowest BCUT2D eigenvalue weighted by Gasteiger charge is -2.25. The van der Waals surface area contributed by atoms with Gasteiger partial charge in [-0.3, -0.25) is 4.90 Å². The summed E-state index contributed by atoms with van der Waals surface area (Å²) in [6, 6.07) is 10.9. The van der Waals surface area contributed by atoms with Gasteiger partial charge >= 0.3 is 6.09 Å². The van der Waals surface area contributed by atoms with Gasteiger partial charge in [0.1, 0.15) is 11.9 Å². The summed E-state index contributed by atoms with van der Waals surface area (Å²) in [6.45, 7) is 2.34. The Morgan fingerprint density at radius 1 is 1.14 bits per heavy atom. The van der Waals surface area contributed by atoms with Gasteiger partial charge in [0.05, 0.1) is 22.4 Å². The molecule has 0 N–H and O–H groups in total. The van der Waals surface area contributed by atoms with Crippen molar-refractivity contribution >= 4 is 21.6 Å². The first kappa shape index (κ1) is 18.9. The van der Waals surface area contributed by atoms with Crippen LogP contribution in [0.4, 0.5) is 14.9 Å². The van der Waals surface area contributed by atoms with Crippen LogP contribution < -0.4 is 4.90 Å². The Morgan fingerprint density at radius 2 is 1.86 bits per heavy atom. The maximum absolute atomic E-state index is 14.7. The van der Waals surface area contributed by atoms with Crippen molar-refractivity contribution in [2.24, 2.45) is 0 Å². The number of benzene rings is 2. The van der Waals surface area contributed by atoms with Crippen LogP contribution in [-0.2, 0) is 14.6 Å². The van der Waals surface area contributed by atoms with E-state index in [2.05, 4.69) is 0 Å². The van der Waals surface area contributed by atoms with Crippen LogP contribution in [0.3, 0.4) is 0 Å². The minimum Gasteiger partial charge on any atom is -0.444 e. The quantitative estimate of drug-likeness (QED) is 0.734. The first-order chi connectivity index (χ1) is 13.4. The molecule has 0 aromatic heterocycles. The Labute approximate surface area is 164 Å². The number of sulfone groups is 1. The predicted molar refractivity (Wildman–Crippen MR) is 105 cm³/mol. The van der Waals surface area contributed by atoms with Crippen molar-refractivity contribution in [1.29, 1.82) is 0 Å². The van der Waals surface area contributed by atoms with Gasteiger partial charge < -0.3 is 4.74 Å². The summed E-state index contributed by atoms with van der Waals surface area (Å²) in [6.07, 6.45) is 2.42. The Morgan fingerprint density at radius 3 is 2.39 bits per heavy atom. The van der Waals surface area contributed by atoms with E-state index in [1.54, 1.807) is 36.4 Å². The van der Waals surface area contributed by atoms with E-state index in [-0.39, 0.29) is 16.2 Å². The Hall–Kier alpha value is -2.41. The van der Waals surface area contributed by atoms with Gasteiger partial charge in [-0.2, -0.15) is 0 Å². The number of nitrogens with zero attached hydrogens (tertiary/aromatic N) is 1. The van der Waals surface area contributed by atoms with Crippen molar-refractivity contribution in [1.82, 2.24) is 0 Å². The number of ether oxygens (including phenoxy) is 1. The summed E-state index contributed by atoms with van der Waals surface area (Å²) in [5, 5.41) is -0.290. The average molecular weight is 403 g/mol. The SMILES string of the molecule is CC[C@H]1CN(c2ccc(-c3ccc(S(=O)(=O)C4CCC4)cc3)c(F)c2)C(=O)O1. The van der Waals surface area contributed by atoms with Crippen molar-refractivity contribution in [3.05, 3.63) is 48.3 Å². The lowest BCUT2D eigenvalue weighted by atomic mass is 10.00. The predicted octanol–water partition coefficient (Wildman–Crippen LogP) is 4.55. The fourth-order valence-electron chi connectivity index (χ4n) is 3.55. The van der Waals surface area contributed by atoms with Crippen LogP contribution in [0, 0.1) is 5.82 Å². The van der Waals surface area contributed by atoms with Crippen molar-refractivity contribution in [2.75, 3.05) is 11.4 Å². The lowest BCUT2D eigenvalue weighted by Crippen LogP contribution is -2.28. The van der Waals surface area contributed by atoms with E-state index in [0.717, 1.165) is 6.42 Å². The van der Waals surface area contributed by atoms with Crippen LogP contribution in [-0.4, -0.2) is 32.4 Å². The Balaban J connectivity index is 1.57. The van der Waals surface area contributed by atoms with Gasteiger partial charge in [-0.1, -0.05) is 25.5 Å². The van der Waals surface area contributed by atoms with Gasteiger partial charge in [0.15, 0.2) is 9.84 Å². The molecule has 1 saturated heterocycles. The molecule has 1 saturated carbocycles. The smallest absolute Gasteiger partial charge is 0.414 e. The normalized spacial score (nSPS) is 20.1. The summed E-state index contributed by atoms with van der Waals surface area (Å²) in [5.74, 6) is -0.472. The fraction of sp³-hybridized carbons (Fsp3) is 0.381. The molecule has 1 atom stereocenters. The molecule has 148 valence electrons. The second kappa shape index (κ2) is 7.20. The number of hydrogen-bond acceptors (Lipinski definition) is 4.